The standard InChI is InChI=1S/C23H20ClNO4/c24-19-11-5-6-12-20(19)25-22(26)15-29-23(27)16-28-21-13-7-4-10-18(21)14-17-8-2-1-3-9-17/h1-13H,14-16H2,(H,25,26). The lowest BCUT2D eigenvalue weighted by Crippen LogP contribution is -2.23. The largest absolute Gasteiger partial charge is 0.482 e. The van der Waals surface area contributed by atoms with Crippen molar-refractivity contribution in [3.05, 3.63) is 95.0 Å². The number of hydrogen-bond acceptors (Lipinski definition) is 4. The Morgan fingerprint density at radius 2 is 1.52 bits per heavy atom. The summed E-state index contributed by atoms with van der Waals surface area (Å²) in [6.07, 6.45) is 0.687. The molecule has 0 spiro atoms. The molecule has 0 aliphatic rings. The van der Waals surface area contributed by atoms with Crippen LogP contribution >= 0.6 is 11.6 Å². The maximum Gasteiger partial charge on any atom is 0.344 e. The lowest BCUT2D eigenvalue weighted by molar-refractivity contribution is -0.149. The van der Waals surface area contributed by atoms with Gasteiger partial charge in [0, 0.05) is 6.42 Å². The second-order valence-electron chi connectivity index (χ2n) is 6.25. The number of anilines is 1. The molecule has 6 heteroatoms. The van der Waals surface area contributed by atoms with E-state index in [1.165, 1.54) is 0 Å². The highest BCUT2D eigenvalue weighted by atomic mass is 35.5. The van der Waals surface area contributed by atoms with Gasteiger partial charge in [0.05, 0.1) is 10.7 Å². The summed E-state index contributed by atoms with van der Waals surface area (Å²) in [6, 6.07) is 24.3. The van der Waals surface area contributed by atoms with Gasteiger partial charge in [-0.1, -0.05) is 72.3 Å². The fraction of sp³-hybridized carbons (Fsp3) is 0.130. The number of ether oxygens (including phenoxy) is 2. The van der Waals surface area contributed by atoms with Crippen LogP contribution in [0.5, 0.6) is 5.75 Å². The number of nitrogens with one attached hydrogen (secondary N) is 1. The molecule has 3 aromatic carbocycles. The van der Waals surface area contributed by atoms with E-state index in [4.69, 9.17) is 21.1 Å². The van der Waals surface area contributed by atoms with Gasteiger partial charge >= 0.3 is 5.97 Å². The average molecular weight is 410 g/mol. The molecule has 3 aromatic rings. The first-order chi connectivity index (χ1) is 14.1. The van der Waals surface area contributed by atoms with Crippen LogP contribution in [0.15, 0.2) is 78.9 Å². The normalized spacial score (nSPS) is 10.2. The molecule has 0 saturated heterocycles. The molecule has 0 fully saturated rings. The molecule has 0 aromatic heterocycles. The van der Waals surface area contributed by atoms with Gasteiger partial charge < -0.3 is 14.8 Å². The van der Waals surface area contributed by atoms with Gasteiger partial charge in [-0.25, -0.2) is 4.79 Å². The SMILES string of the molecule is O=C(COC(=O)COc1ccccc1Cc1ccccc1)Nc1ccccc1Cl. The first kappa shape index (κ1) is 20.4. The van der Waals surface area contributed by atoms with Gasteiger partial charge in [-0.15, -0.1) is 0 Å². The Balaban J connectivity index is 1.48. The van der Waals surface area contributed by atoms with Gasteiger partial charge in [0.2, 0.25) is 0 Å². The van der Waals surface area contributed by atoms with E-state index in [1.54, 1.807) is 30.3 Å². The van der Waals surface area contributed by atoms with E-state index in [0.29, 0.717) is 22.9 Å². The third-order valence-corrected chi connectivity index (χ3v) is 4.40. The summed E-state index contributed by atoms with van der Waals surface area (Å²) in [6.45, 7) is -0.704. The third-order valence-electron chi connectivity index (χ3n) is 4.07. The topological polar surface area (TPSA) is 64.6 Å². The van der Waals surface area contributed by atoms with Crippen LogP contribution in [0.3, 0.4) is 0 Å². The molecular formula is C23H20ClNO4. The molecule has 0 saturated carbocycles. The maximum atomic E-state index is 12.0. The van der Waals surface area contributed by atoms with Crippen LogP contribution in [0.25, 0.3) is 0 Å². The Morgan fingerprint density at radius 1 is 0.828 bits per heavy atom. The lowest BCUT2D eigenvalue weighted by Gasteiger charge is -2.12. The maximum absolute atomic E-state index is 12.0. The van der Waals surface area contributed by atoms with Crippen molar-refractivity contribution in [2.24, 2.45) is 0 Å². The lowest BCUT2D eigenvalue weighted by atomic mass is 10.0. The summed E-state index contributed by atoms with van der Waals surface area (Å²) in [7, 11) is 0. The molecule has 0 bridgehead atoms. The summed E-state index contributed by atoms with van der Waals surface area (Å²) >= 11 is 5.98. The number of esters is 1. The highest BCUT2D eigenvalue weighted by molar-refractivity contribution is 6.33. The Labute approximate surface area is 174 Å². The van der Waals surface area contributed by atoms with Crippen LogP contribution in [0.2, 0.25) is 5.02 Å². The molecule has 3 rings (SSSR count). The second kappa shape index (κ2) is 10.3. The number of carbonyl (C=O) groups is 2. The van der Waals surface area contributed by atoms with Crippen molar-refractivity contribution < 1.29 is 19.1 Å². The van der Waals surface area contributed by atoms with Crippen LogP contribution in [-0.2, 0) is 20.7 Å². The molecule has 148 valence electrons. The average Bonchev–Trinajstić information content (AvgIpc) is 2.74. The van der Waals surface area contributed by atoms with Gasteiger partial charge in [0.25, 0.3) is 5.91 Å². The smallest absolute Gasteiger partial charge is 0.344 e. The Morgan fingerprint density at radius 3 is 2.31 bits per heavy atom. The molecular weight excluding hydrogens is 390 g/mol. The van der Waals surface area contributed by atoms with E-state index in [-0.39, 0.29) is 6.61 Å². The summed E-state index contributed by atoms with van der Waals surface area (Å²) in [5.74, 6) is -0.501. The van der Waals surface area contributed by atoms with Crippen molar-refractivity contribution in [2.75, 3.05) is 18.5 Å². The van der Waals surface area contributed by atoms with Gasteiger partial charge in [-0.05, 0) is 29.3 Å². The van der Waals surface area contributed by atoms with Gasteiger partial charge in [0.15, 0.2) is 13.2 Å². The van der Waals surface area contributed by atoms with Crippen molar-refractivity contribution >= 4 is 29.2 Å². The zero-order valence-corrected chi connectivity index (χ0v) is 16.4. The Kier molecular flexibility index (Phi) is 7.25. The molecule has 0 aliphatic carbocycles. The summed E-state index contributed by atoms with van der Waals surface area (Å²) in [5.41, 5.74) is 2.56. The first-order valence-corrected chi connectivity index (χ1v) is 9.44. The summed E-state index contributed by atoms with van der Waals surface area (Å²) < 4.78 is 10.6. The molecule has 0 unspecified atom stereocenters. The van der Waals surface area contributed by atoms with Crippen LogP contribution < -0.4 is 10.1 Å². The van der Waals surface area contributed by atoms with E-state index < -0.39 is 18.5 Å². The minimum absolute atomic E-state index is 0.287. The highest BCUT2D eigenvalue weighted by Crippen LogP contribution is 2.22. The number of amides is 1. The predicted octanol–water partition coefficient (Wildman–Crippen LogP) is 4.49. The Hall–Kier alpha value is -3.31. The number of rotatable bonds is 8. The summed E-state index contributed by atoms with van der Waals surface area (Å²) in [5, 5.41) is 2.99. The monoisotopic (exact) mass is 409 g/mol. The fourth-order valence-corrected chi connectivity index (χ4v) is 2.86. The molecule has 5 nitrogen and oxygen atoms in total. The number of hydrogen-bond donors (Lipinski definition) is 1. The van der Waals surface area contributed by atoms with E-state index in [9.17, 15) is 9.59 Å². The van der Waals surface area contributed by atoms with Crippen LogP contribution in [0.4, 0.5) is 5.69 Å². The zero-order valence-electron chi connectivity index (χ0n) is 15.6. The van der Waals surface area contributed by atoms with E-state index >= 15 is 0 Å². The summed E-state index contributed by atoms with van der Waals surface area (Å²) in [4.78, 5) is 23.9. The van der Waals surface area contributed by atoms with E-state index in [1.807, 2.05) is 48.5 Å². The van der Waals surface area contributed by atoms with Gasteiger partial charge in [0.1, 0.15) is 5.75 Å². The minimum Gasteiger partial charge on any atom is -0.482 e. The molecule has 0 heterocycles. The number of halogens is 1. The molecule has 0 atom stereocenters. The third kappa shape index (κ3) is 6.36. The molecule has 0 aliphatic heterocycles. The number of carbonyl (C=O) groups excluding carboxylic acids is 2. The van der Waals surface area contributed by atoms with Crippen molar-refractivity contribution in [3.8, 4) is 5.75 Å². The van der Waals surface area contributed by atoms with Gasteiger partial charge in [-0.2, -0.15) is 0 Å². The fourth-order valence-electron chi connectivity index (χ4n) is 2.68. The van der Waals surface area contributed by atoms with Crippen LogP contribution in [0.1, 0.15) is 11.1 Å². The van der Waals surface area contributed by atoms with Crippen LogP contribution in [0, 0.1) is 0 Å². The van der Waals surface area contributed by atoms with Crippen molar-refractivity contribution in [2.45, 2.75) is 6.42 Å². The first-order valence-electron chi connectivity index (χ1n) is 9.06. The van der Waals surface area contributed by atoms with E-state index in [0.717, 1.165) is 11.1 Å². The van der Waals surface area contributed by atoms with Crippen molar-refractivity contribution in [1.29, 1.82) is 0 Å². The van der Waals surface area contributed by atoms with Gasteiger partial charge in [-0.3, -0.25) is 4.79 Å². The highest BCUT2D eigenvalue weighted by Gasteiger charge is 2.11. The molecule has 29 heavy (non-hydrogen) atoms. The second-order valence-corrected chi connectivity index (χ2v) is 6.65. The molecule has 1 amide bonds. The van der Waals surface area contributed by atoms with Crippen molar-refractivity contribution in [3.63, 3.8) is 0 Å². The number of benzene rings is 3. The minimum atomic E-state index is -0.631. The molecule has 1 N–H and O–H groups in total. The zero-order chi connectivity index (χ0) is 20.5. The Bertz CT molecular complexity index is 975. The van der Waals surface area contributed by atoms with E-state index in [2.05, 4.69) is 5.32 Å². The number of para-hydroxylation sites is 2. The quantitative estimate of drug-likeness (QED) is 0.557. The van der Waals surface area contributed by atoms with Crippen LogP contribution in [-0.4, -0.2) is 25.1 Å². The van der Waals surface area contributed by atoms with Crippen molar-refractivity contribution in [1.82, 2.24) is 0 Å². The molecule has 0 radical (unpaired) electrons. The predicted molar refractivity (Wildman–Crippen MR) is 112 cm³/mol.